The van der Waals surface area contributed by atoms with E-state index in [1.54, 1.807) is 20.8 Å². The smallest absolute Gasteiger partial charge is 0.411 e. The standard InChI is InChI=1S/C18H25NO5/c1-12-7-6-8-13(9-12)23-14-10-15(16(20)22-5)19(11-14)17(21)24-18(2,3)4/h6-9,14-15H,10-11H2,1-5H3/t14-,15+/m1/s1. The lowest BCUT2D eigenvalue weighted by molar-refractivity contribution is -0.145. The van der Waals surface area contributed by atoms with Crippen molar-refractivity contribution in [1.82, 2.24) is 4.90 Å². The van der Waals surface area contributed by atoms with Crippen molar-refractivity contribution in [3.63, 3.8) is 0 Å². The van der Waals surface area contributed by atoms with Crippen molar-refractivity contribution in [2.75, 3.05) is 13.7 Å². The molecule has 0 bridgehead atoms. The van der Waals surface area contributed by atoms with Crippen molar-refractivity contribution in [2.24, 2.45) is 0 Å². The first kappa shape index (κ1) is 18.1. The molecule has 0 spiro atoms. The van der Waals surface area contributed by atoms with Crippen LogP contribution in [0.2, 0.25) is 0 Å². The van der Waals surface area contributed by atoms with Gasteiger partial charge in [0.05, 0.1) is 13.7 Å². The minimum atomic E-state index is -0.695. The summed E-state index contributed by atoms with van der Waals surface area (Å²) >= 11 is 0. The zero-order valence-corrected chi connectivity index (χ0v) is 14.9. The number of aryl methyl sites for hydroxylation is 1. The van der Waals surface area contributed by atoms with Gasteiger partial charge in [-0.05, 0) is 45.4 Å². The first-order chi connectivity index (χ1) is 11.2. The Morgan fingerprint density at radius 2 is 1.96 bits per heavy atom. The second kappa shape index (κ2) is 7.11. The highest BCUT2D eigenvalue weighted by Crippen LogP contribution is 2.26. The summed E-state index contributed by atoms with van der Waals surface area (Å²) in [6.07, 6.45) is -0.448. The van der Waals surface area contributed by atoms with Crippen LogP contribution in [-0.2, 0) is 14.3 Å². The molecule has 6 heteroatoms. The van der Waals surface area contributed by atoms with Crippen LogP contribution in [-0.4, -0.2) is 48.4 Å². The Kier molecular flexibility index (Phi) is 5.36. The van der Waals surface area contributed by atoms with Gasteiger partial charge in [-0.15, -0.1) is 0 Å². The topological polar surface area (TPSA) is 65.1 Å². The number of methoxy groups -OCH3 is 1. The van der Waals surface area contributed by atoms with Gasteiger partial charge in [0.1, 0.15) is 23.5 Å². The molecule has 24 heavy (non-hydrogen) atoms. The van der Waals surface area contributed by atoms with Gasteiger partial charge in [0.2, 0.25) is 0 Å². The van der Waals surface area contributed by atoms with Crippen LogP contribution in [0.4, 0.5) is 4.79 Å². The highest BCUT2D eigenvalue weighted by Gasteiger charge is 2.43. The third-order valence-electron chi connectivity index (χ3n) is 3.66. The van der Waals surface area contributed by atoms with E-state index in [-0.39, 0.29) is 12.6 Å². The van der Waals surface area contributed by atoms with Gasteiger partial charge in [-0.25, -0.2) is 9.59 Å². The maximum Gasteiger partial charge on any atom is 0.411 e. The van der Waals surface area contributed by atoms with E-state index in [9.17, 15) is 9.59 Å². The van der Waals surface area contributed by atoms with E-state index in [1.807, 2.05) is 31.2 Å². The van der Waals surface area contributed by atoms with E-state index >= 15 is 0 Å². The Bertz CT molecular complexity index is 608. The van der Waals surface area contributed by atoms with Crippen LogP contribution in [0.25, 0.3) is 0 Å². The molecule has 1 aliphatic rings. The summed E-state index contributed by atoms with van der Waals surface area (Å²) in [5, 5.41) is 0. The summed E-state index contributed by atoms with van der Waals surface area (Å²) in [4.78, 5) is 25.8. The van der Waals surface area contributed by atoms with Gasteiger partial charge in [0.25, 0.3) is 0 Å². The molecule has 6 nitrogen and oxygen atoms in total. The molecule has 2 atom stereocenters. The van der Waals surface area contributed by atoms with Crippen LogP contribution in [0.3, 0.4) is 0 Å². The van der Waals surface area contributed by atoms with Crippen LogP contribution in [0.1, 0.15) is 32.8 Å². The third-order valence-corrected chi connectivity index (χ3v) is 3.66. The summed E-state index contributed by atoms with van der Waals surface area (Å²) < 4.78 is 16.1. The van der Waals surface area contributed by atoms with Gasteiger partial charge >= 0.3 is 12.1 Å². The minimum absolute atomic E-state index is 0.280. The lowest BCUT2D eigenvalue weighted by Crippen LogP contribution is -2.44. The number of nitrogens with zero attached hydrogens (tertiary/aromatic N) is 1. The predicted molar refractivity (Wildman–Crippen MR) is 89.0 cm³/mol. The molecule has 132 valence electrons. The molecule has 1 heterocycles. The molecule has 2 rings (SSSR count). The molecular formula is C18H25NO5. The average molecular weight is 335 g/mol. The Morgan fingerprint density at radius 1 is 1.25 bits per heavy atom. The monoisotopic (exact) mass is 335 g/mol. The Morgan fingerprint density at radius 3 is 2.54 bits per heavy atom. The molecule has 0 N–H and O–H groups in total. The fourth-order valence-electron chi connectivity index (χ4n) is 2.65. The van der Waals surface area contributed by atoms with Gasteiger partial charge in [0, 0.05) is 6.42 Å². The van der Waals surface area contributed by atoms with E-state index in [4.69, 9.17) is 14.2 Å². The molecule has 0 radical (unpaired) electrons. The van der Waals surface area contributed by atoms with Crippen LogP contribution in [0.5, 0.6) is 5.75 Å². The van der Waals surface area contributed by atoms with Crippen LogP contribution >= 0.6 is 0 Å². The van der Waals surface area contributed by atoms with E-state index in [0.717, 1.165) is 11.3 Å². The number of ether oxygens (including phenoxy) is 3. The Balaban J connectivity index is 2.11. The Labute approximate surface area is 142 Å². The van der Waals surface area contributed by atoms with Crippen LogP contribution in [0.15, 0.2) is 24.3 Å². The fraction of sp³-hybridized carbons (Fsp3) is 0.556. The van der Waals surface area contributed by atoms with Crippen molar-refractivity contribution in [3.8, 4) is 5.75 Å². The van der Waals surface area contributed by atoms with Crippen LogP contribution in [0, 0.1) is 6.92 Å². The van der Waals surface area contributed by atoms with Crippen molar-refractivity contribution in [1.29, 1.82) is 0 Å². The second-order valence-electron chi connectivity index (χ2n) is 6.96. The summed E-state index contributed by atoms with van der Waals surface area (Å²) in [7, 11) is 1.31. The number of benzene rings is 1. The summed E-state index contributed by atoms with van der Waals surface area (Å²) in [6.45, 7) is 7.62. The predicted octanol–water partition coefficient (Wildman–Crippen LogP) is 2.92. The Hall–Kier alpha value is -2.24. The normalized spacial score (nSPS) is 20.6. The number of carbonyl (C=O) groups excluding carboxylic acids is 2. The number of rotatable bonds is 3. The molecule has 1 aliphatic heterocycles. The maximum atomic E-state index is 12.4. The molecule has 0 saturated carbocycles. The number of esters is 1. The molecule has 1 saturated heterocycles. The molecule has 0 unspecified atom stereocenters. The quantitative estimate of drug-likeness (QED) is 0.795. The number of likely N-dealkylation sites (tertiary alicyclic amines) is 1. The van der Waals surface area contributed by atoms with E-state index in [1.165, 1.54) is 12.0 Å². The minimum Gasteiger partial charge on any atom is -0.488 e. The number of amides is 1. The summed E-state index contributed by atoms with van der Waals surface area (Å²) in [6, 6.07) is 6.97. The molecular weight excluding hydrogens is 310 g/mol. The van der Waals surface area contributed by atoms with Gasteiger partial charge in [-0.3, -0.25) is 4.90 Å². The average Bonchev–Trinajstić information content (AvgIpc) is 2.88. The summed E-state index contributed by atoms with van der Waals surface area (Å²) in [5.74, 6) is 0.255. The van der Waals surface area contributed by atoms with Crippen molar-refractivity contribution in [2.45, 2.75) is 51.9 Å². The molecule has 1 aromatic carbocycles. The van der Waals surface area contributed by atoms with Gasteiger partial charge in [0.15, 0.2) is 0 Å². The molecule has 1 aromatic rings. The lowest BCUT2D eigenvalue weighted by Gasteiger charge is -2.27. The van der Waals surface area contributed by atoms with Gasteiger partial charge in [-0.1, -0.05) is 12.1 Å². The third kappa shape index (κ3) is 4.63. The molecule has 0 aromatic heterocycles. The van der Waals surface area contributed by atoms with Crippen molar-refractivity contribution < 1.29 is 23.8 Å². The zero-order valence-electron chi connectivity index (χ0n) is 14.9. The van der Waals surface area contributed by atoms with E-state index < -0.39 is 23.7 Å². The molecule has 0 aliphatic carbocycles. The van der Waals surface area contributed by atoms with E-state index in [0.29, 0.717) is 6.42 Å². The summed E-state index contributed by atoms with van der Waals surface area (Å²) in [5.41, 5.74) is 0.451. The molecule has 1 fully saturated rings. The zero-order chi connectivity index (χ0) is 17.9. The van der Waals surface area contributed by atoms with Gasteiger partial charge < -0.3 is 14.2 Å². The first-order valence-corrected chi connectivity index (χ1v) is 8.00. The lowest BCUT2D eigenvalue weighted by atomic mass is 10.2. The SMILES string of the molecule is COC(=O)[C@@H]1C[C@@H](Oc2cccc(C)c2)CN1C(=O)OC(C)(C)C. The van der Waals surface area contributed by atoms with Crippen molar-refractivity contribution >= 4 is 12.1 Å². The maximum absolute atomic E-state index is 12.4. The highest BCUT2D eigenvalue weighted by atomic mass is 16.6. The number of carbonyl (C=O) groups is 2. The van der Waals surface area contributed by atoms with Crippen molar-refractivity contribution in [3.05, 3.63) is 29.8 Å². The van der Waals surface area contributed by atoms with Crippen LogP contribution < -0.4 is 4.74 Å². The highest BCUT2D eigenvalue weighted by molar-refractivity contribution is 5.82. The number of hydrogen-bond acceptors (Lipinski definition) is 5. The molecule has 1 amide bonds. The van der Waals surface area contributed by atoms with Gasteiger partial charge in [-0.2, -0.15) is 0 Å². The fourth-order valence-corrected chi connectivity index (χ4v) is 2.65. The second-order valence-corrected chi connectivity index (χ2v) is 6.96. The largest absolute Gasteiger partial charge is 0.488 e. The van der Waals surface area contributed by atoms with E-state index in [2.05, 4.69) is 0 Å². The first-order valence-electron chi connectivity index (χ1n) is 8.00. The number of hydrogen-bond donors (Lipinski definition) is 0.